The van der Waals surface area contributed by atoms with Gasteiger partial charge in [-0.3, -0.25) is 9.59 Å². The highest BCUT2D eigenvalue weighted by Gasteiger charge is 2.21. The number of fused-ring (bicyclic) bond motifs is 1. The predicted octanol–water partition coefficient (Wildman–Crippen LogP) is 3.59. The number of carbonyl (C=O) groups is 1. The number of rotatable bonds is 4. The maximum Gasteiger partial charge on any atom is 0.255 e. The maximum absolute atomic E-state index is 13.0. The third-order valence-electron chi connectivity index (χ3n) is 3.77. The number of amides is 1. The van der Waals surface area contributed by atoms with Gasteiger partial charge in [0.05, 0.1) is 10.4 Å². The van der Waals surface area contributed by atoms with E-state index in [4.69, 9.17) is 26.5 Å². The van der Waals surface area contributed by atoms with E-state index in [0.29, 0.717) is 21.6 Å². The van der Waals surface area contributed by atoms with E-state index >= 15 is 0 Å². The van der Waals surface area contributed by atoms with Crippen molar-refractivity contribution in [2.75, 3.05) is 6.61 Å². The van der Waals surface area contributed by atoms with Gasteiger partial charge in [0, 0.05) is 5.56 Å². The Morgan fingerprint density at radius 2 is 1.96 bits per heavy atom. The van der Waals surface area contributed by atoms with Crippen molar-refractivity contribution in [3.63, 3.8) is 0 Å². The summed E-state index contributed by atoms with van der Waals surface area (Å²) in [5.41, 5.74) is 7.44. The second kappa shape index (κ2) is 6.61. The molecular formula is C19H16ClNO4. The molecule has 3 aromatic rings. The molecular weight excluding hydrogens is 342 g/mol. The molecule has 1 heterocycles. The normalized spacial score (nSPS) is 10.8. The molecule has 2 aromatic carbocycles. The number of carbonyl (C=O) groups excluding carboxylic acids is 1. The summed E-state index contributed by atoms with van der Waals surface area (Å²) in [5.74, 6) is -0.592. The van der Waals surface area contributed by atoms with Crippen LogP contribution in [0.15, 0.2) is 45.6 Å². The summed E-state index contributed by atoms with van der Waals surface area (Å²) in [5, 5.41) is 0.805. The molecule has 1 amide bonds. The number of halogens is 1. The first-order valence-corrected chi connectivity index (χ1v) is 8.00. The van der Waals surface area contributed by atoms with E-state index in [1.54, 1.807) is 30.3 Å². The minimum atomic E-state index is -0.690. The zero-order valence-electron chi connectivity index (χ0n) is 13.8. The maximum atomic E-state index is 13.0. The largest absolute Gasteiger partial charge is 0.476 e. The second-order valence-corrected chi connectivity index (χ2v) is 6.19. The number of benzene rings is 2. The van der Waals surface area contributed by atoms with Gasteiger partial charge in [0.1, 0.15) is 5.58 Å². The van der Waals surface area contributed by atoms with Crippen LogP contribution in [-0.2, 0) is 4.79 Å². The number of hydrogen-bond donors (Lipinski definition) is 1. The molecule has 0 saturated heterocycles. The molecule has 2 N–H and O–H groups in total. The first-order valence-electron chi connectivity index (χ1n) is 7.62. The van der Waals surface area contributed by atoms with Crippen LogP contribution in [0.4, 0.5) is 0 Å². The summed E-state index contributed by atoms with van der Waals surface area (Å²) in [6.07, 6.45) is 0. The van der Waals surface area contributed by atoms with Crippen molar-refractivity contribution in [2.24, 2.45) is 5.73 Å². The Kier molecular flexibility index (Phi) is 4.51. The molecule has 0 fully saturated rings. The van der Waals surface area contributed by atoms with E-state index in [0.717, 1.165) is 11.1 Å². The van der Waals surface area contributed by atoms with Gasteiger partial charge in [0.2, 0.25) is 11.2 Å². The Morgan fingerprint density at radius 1 is 1.24 bits per heavy atom. The van der Waals surface area contributed by atoms with E-state index in [-0.39, 0.29) is 16.9 Å². The van der Waals surface area contributed by atoms with Gasteiger partial charge in [0.15, 0.2) is 12.4 Å². The second-order valence-electron chi connectivity index (χ2n) is 5.78. The van der Waals surface area contributed by atoms with E-state index < -0.39 is 12.5 Å². The summed E-state index contributed by atoms with van der Waals surface area (Å²) >= 11 is 6.25. The van der Waals surface area contributed by atoms with Crippen molar-refractivity contribution in [1.29, 1.82) is 0 Å². The van der Waals surface area contributed by atoms with Crippen LogP contribution in [0.25, 0.3) is 22.3 Å². The van der Waals surface area contributed by atoms with Gasteiger partial charge < -0.3 is 14.9 Å². The van der Waals surface area contributed by atoms with Crippen LogP contribution in [0.2, 0.25) is 5.02 Å². The van der Waals surface area contributed by atoms with Gasteiger partial charge in [-0.1, -0.05) is 29.8 Å². The standard InChI is InChI=1S/C19H16ClNO4/c1-10-7-11(2)16-14(8-10)25-18(12-5-3-4-6-13(12)20)19(17(16)23)24-9-15(21)22/h3-8H,9H2,1-2H3,(H2,21,22). The Morgan fingerprint density at radius 3 is 2.64 bits per heavy atom. The first-order chi connectivity index (χ1) is 11.9. The molecule has 25 heavy (non-hydrogen) atoms. The predicted molar refractivity (Wildman–Crippen MR) is 97.1 cm³/mol. The molecule has 0 bridgehead atoms. The van der Waals surface area contributed by atoms with Crippen molar-refractivity contribution in [1.82, 2.24) is 0 Å². The van der Waals surface area contributed by atoms with Crippen LogP contribution in [0.5, 0.6) is 5.75 Å². The molecule has 1 aromatic heterocycles. The van der Waals surface area contributed by atoms with Gasteiger partial charge in [-0.05, 0) is 43.2 Å². The minimum absolute atomic E-state index is 0.0775. The highest BCUT2D eigenvalue weighted by Crippen LogP contribution is 2.36. The zero-order chi connectivity index (χ0) is 18.1. The number of ether oxygens (including phenoxy) is 1. The molecule has 128 valence electrons. The van der Waals surface area contributed by atoms with E-state index in [2.05, 4.69) is 0 Å². The zero-order valence-corrected chi connectivity index (χ0v) is 14.5. The molecule has 0 radical (unpaired) electrons. The monoisotopic (exact) mass is 357 g/mol. The summed E-state index contributed by atoms with van der Waals surface area (Å²) in [7, 11) is 0. The number of nitrogens with two attached hydrogens (primary N) is 1. The van der Waals surface area contributed by atoms with Gasteiger partial charge in [-0.15, -0.1) is 0 Å². The number of aryl methyl sites for hydroxylation is 2. The lowest BCUT2D eigenvalue weighted by atomic mass is 10.0. The van der Waals surface area contributed by atoms with Crippen molar-refractivity contribution >= 4 is 28.5 Å². The third-order valence-corrected chi connectivity index (χ3v) is 4.10. The van der Waals surface area contributed by atoms with Crippen molar-refractivity contribution in [3.8, 4) is 17.1 Å². The fourth-order valence-electron chi connectivity index (χ4n) is 2.77. The topological polar surface area (TPSA) is 82.5 Å². The van der Waals surface area contributed by atoms with Crippen LogP contribution in [0, 0.1) is 13.8 Å². The smallest absolute Gasteiger partial charge is 0.255 e. The van der Waals surface area contributed by atoms with Crippen LogP contribution < -0.4 is 15.9 Å². The third kappa shape index (κ3) is 3.23. The first kappa shape index (κ1) is 17.0. The average molecular weight is 358 g/mol. The van der Waals surface area contributed by atoms with Crippen LogP contribution in [0.1, 0.15) is 11.1 Å². The van der Waals surface area contributed by atoms with Gasteiger partial charge >= 0.3 is 0 Å². The summed E-state index contributed by atoms with van der Waals surface area (Å²) in [6, 6.07) is 10.6. The van der Waals surface area contributed by atoms with Crippen LogP contribution >= 0.6 is 11.6 Å². The Bertz CT molecular complexity index is 1040. The summed E-state index contributed by atoms with van der Waals surface area (Å²) in [4.78, 5) is 24.1. The van der Waals surface area contributed by atoms with Gasteiger partial charge in [0.25, 0.3) is 5.91 Å². The number of hydrogen-bond acceptors (Lipinski definition) is 4. The Labute approximate surface area is 149 Å². The minimum Gasteiger partial charge on any atom is -0.476 e. The van der Waals surface area contributed by atoms with E-state index in [9.17, 15) is 9.59 Å². The van der Waals surface area contributed by atoms with Crippen molar-refractivity contribution in [2.45, 2.75) is 13.8 Å². The molecule has 0 aliphatic rings. The highest BCUT2D eigenvalue weighted by molar-refractivity contribution is 6.33. The molecule has 0 saturated carbocycles. The average Bonchev–Trinajstić information content (AvgIpc) is 2.53. The SMILES string of the molecule is Cc1cc(C)c2c(=O)c(OCC(N)=O)c(-c3ccccc3Cl)oc2c1. The van der Waals surface area contributed by atoms with Gasteiger partial charge in [-0.25, -0.2) is 0 Å². The Hall–Kier alpha value is -2.79. The van der Waals surface area contributed by atoms with E-state index in [1.807, 2.05) is 19.9 Å². The van der Waals surface area contributed by atoms with Crippen molar-refractivity contribution in [3.05, 3.63) is 62.8 Å². The molecule has 5 nitrogen and oxygen atoms in total. The molecule has 0 aliphatic heterocycles. The summed E-state index contributed by atoms with van der Waals surface area (Å²) in [6.45, 7) is 3.30. The lowest BCUT2D eigenvalue weighted by molar-refractivity contribution is -0.119. The lowest BCUT2D eigenvalue weighted by Crippen LogP contribution is -2.23. The quantitative estimate of drug-likeness (QED) is 0.773. The van der Waals surface area contributed by atoms with E-state index in [1.165, 1.54) is 0 Å². The molecule has 3 rings (SSSR count). The molecule has 0 spiro atoms. The highest BCUT2D eigenvalue weighted by atomic mass is 35.5. The Balaban J connectivity index is 2.37. The molecule has 6 heteroatoms. The van der Waals surface area contributed by atoms with Crippen LogP contribution in [-0.4, -0.2) is 12.5 Å². The molecule has 0 atom stereocenters. The molecule has 0 unspecified atom stereocenters. The molecule has 0 aliphatic carbocycles. The fourth-order valence-corrected chi connectivity index (χ4v) is 2.99. The van der Waals surface area contributed by atoms with Crippen LogP contribution in [0.3, 0.4) is 0 Å². The van der Waals surface area contributed by atoms with Crippen molar-refractivity contribution < 1.29 is 13.9 Å². The summed E-state index contributed by atoms with van der Waals surface area (Å²) < 4.78 is 11.4. The number of primary amides is 1. The lowest BCUT2D eigenvalue weighted by Gasteiger charge is -2.13. The van der Waals surface area contributed by atoms with Gasteiger partial charge in [-0.2, -0.15) is 0 Å². The fraction of sp³-hybridized carbons (Fsp3) is 0.158.